The molecule has 1 aromatic rings. The van der Waals surface area contributed by atoms with Crippen LogP contribution in [0.1, 0.15) is 25.3 Å². The maximum Gasteiger partial charge on any atom is 0.271 e. The van der Waals surface area contributed by atoms with E-state index in [-0.39, 0.29) is 11.0 Å². The van der Waals surface area contributed by atoms with Gasteiger partial charge in [0.05, 0.1) is 6.26 Å². The van der Waals surface area contributed by atoms with Crippen molar-refractivity contribution in [2.75, 3.05) is 0 Å². The van der Waals surface area contributed by atoms with Gasteiger partial charge in [-0.2, -0.15) is 0 Å². The van der Waals surface area contributed by atoms with E-state index in [4.69, 9.17) is 9.56 Å². The summed E-state index contributed by atoms with van der Waals surface area (Å²) in [4.78, 5) is 0. The topological polar surface area (TPSA) is 73.3 Å². The number of primary sulfonamides is 1. The second-order valence-electron chi connectivity index (χ2n) is 2.90. The lowest BCUT2D eigenvalue weighted by Gasteiger charge is -1.95. The highest BCUT2D eigenvalue weighted by Crippen LogP contribution is 2.19. The maximum absolute atomic E-state index is 10.8. The fraction of sp³-hybridized carbons (Fsp3) is 0.429. The van der Waals surface area contributed by atoms with Crippen molar-refractivity contribution in [1.82, 2.24) is 0 Å². The van der Waals surface area contributed by atoms with E-state index in [0.717, 1.165) is 5.56 Å². The number of furan rings is 1. The molecule has 0 atom stereocenters. The van der Waals surface area contributed by atoms with Gasteiger partial charge in [-0.15, -0.1) is 0 Å². The molecule has 0 radical (unpaired) electrons. The van der Waals surface area contributed by atoms with Gasteiger partial charge in [-0.25, -0.2) is 13.6 Å². The molecule has 68 valence electrons. The molecule has 1 rings (SSSR count). The number of rotatable bonds is 2. The Kier molecular flexibility index (Phi) is 2.25. The van der Waals surface area contributed by atoms with Crippen molar-refractivity contribution in [3.05, 3.63) is 17.9 Å². The molecular formula is C7H11NO3S. The van der Waals surface area contributed by atoms with Crippen LogP contribution in [0.15, 0.2) is 21.8 Å². The molecule has 1 heterocycles. The molecule has 0 aliphatic rings. The highest BCUT2D eigenvalue weighted by molar-refractivity contribution is 7.89. The molecule has 0 bridgehead atoms. The Morgan fingerprint density at radius 1 is 1.50 bits per heavy atom. The molecule has 5 heteroatoms. The van der Waals surface area contributed by atoms with Crippen LogP contribution in [-0.4, -0.2) is 8.42 Å². The summed E-state index contributed by atoms with van der Waals surface area (Å²) in [6.45, 7) is 3.88. The van der Waals surface area contributed by atoms with Crippen LogP contribution in [0.3, 0.4) is 0 Å². The van der Waals surface area contributed by atoms with Crippen LogP contribution in [0.2, 0.25) is 0 Å². The maximum atomic E-state index is 10.8. The summed E-state index contributed by atoms with van der Waals surface area (Å²) in [5, 5.41) is 4.67. The second kappa shape index (κ2) is 2.91. The van der Waals surface area contributed by atoms with Crippen molar-refractivity contribution in [2.45, 2.75) is 24.9 Å². The van der Waals surface area contributed by atoms with E-state index in [2.05, 4.69) is 0 Å². The van der Waals surface area contributed by atoms with Crippen LogP contribution in [0, 0.1) is 0 Å². The predicted octanol–water partition coefficient (Wildman–Crippen LogP) is 1.05. The quantitative estimate of drug-likeness (QED) is 0.755. The first-order chi connectivity index (χ1) is 5.41. The molecule has 0 aromatic carbocycles. The minimum absolute atomic E-state index is 0.175. The van der Waals surface area contributed by atoms with E-state index in [9.17, 15) is 8.42 Å². The minimum atomic E-state index is -3.68. The molecule has 0 unspecified atom stereocenters. The zero-order chi connectivity index (χ0) is 9.35. The Morgan fingerprint density at radius 3 is 2.33 bits per heavy atom. The molecule has 12 heavy (non-hydrogen) atoms. The second-order valence-corrected chi connectivity index (χ2v) is 4.39. The Morgan fingerprint density at radius 2 is 2.08 bits per heavy atom. The zero-order valence-corrected chi connectivity index (χ0v) is 7.76. The van der Waals surface area contributed by atoms with Crippen LogP contribution in [0.4, 0.5) is 0 Å². The summed E-state index contributed by atoms with van der Waals surface area (Å²) in [6.07, 6.45) is 1.41. The zero-order valence-electron chi connectivity index (χ0n) is 6.94. The average Bonchev–Trinajstić information content (AvgIpc) is 2.30. The Bertz CT molecular complexity index is 364. The fourth-order valence-corrected chi connectivity index (χ4v) is 1.26. The highest BCUT2D eigenvalue weighted by atomic mass is 32.2. The van der Waals surface area contributed by atoms with Gasteiger partial charge in [-0.3, -0.25) is 0 Å². The highest BCUT2D eigenvalue weighted by Gasteiger charge is 2.14. The first kappa shape index (κ1) is 9.28. The third-order valence-electron chi connectivity index (χ3n) is 1.54. The molecule has 0 saturated heterocycles. The van der Waals surface area contributed by atoms with Crippen molar-refractivity contribution >= 4 is 10.0 Å². The molecule has 4 nitrogen and oxygen atoms in total. The van der Waals surface area contributed by atoms with Crippen molar-refractivity contribution < 1.29 is 12.8 Å². The fourth-order valence-electron chi connectivity index (χ4n) is 0.782. The molecular weight excluding hydrogens is 178 g/mol. The molecule has 0 saturated carbocycles. The molecule has 0 aliphatic carbocycles. The van der Waals surface area contributed by atoms with Gasteiger partial charge in [-0.05, 0) is 11.5 Å². The molecule has 0 aliphatic heterocycles. The molecule has 1 aromatic heterocycles. The van der Waals surface area contributed by atoms with Crippen molar-refractivity contribution in [3.63, 3.8) is 0 Å². The van der Waals surface area contributed by atoms with Gasteiger partial charge in [0.1, 0.15) is 0 Å². The average molecular weight is 189 g/mol. The summed E-state index contributed by atoms with van der Waals surface area (Å²) < 4.78 is 26.3. The lowest BCUT2D eigenvalue weighted by atomic mass is 10.1. The molecule has 0 fully saturated rings. The number of nitrogens with two attached hydrogens (primary N) is 1. The van der Waals surface area contributed by atoms with Gasteiger partial charge in [-0.1, -0.05) is 13.8 Å². The van der Waals surface area contributed by atoms with Gasteiger partial charge < -0.3 is 4.42 Å². The van der Waals surface area contributed by atoms with Gasteiger partial charge in [0.15, 0.2) is 0 Å². The van der Waals surface area contributed by atoms with Gasteiger partial charge in [0.2, 0.25) is 5.09 Å². The van der Waals surface area contributed by atoms with Crippen LogP contribution >= 0.6 is 0 Å². The van der Waals surface area contributed by atoms with Crippen LogP contribution in [0.5, 0.6) is 0 Å². The number of sulfonamides is 1. The Labute approximate surface area is 71.4 Å². The van der Waals surface area contributed by atoms with Gasteiger partial charge in [0, 0.05) is 6.07 Å². The third kappa shape index (κ3) is 1.86. The van der Waals surface area contributed by atoms with Crippen LogP contribution in [-0.2, 0) is 10.0 Å². The van der Waals surface area contributed by atoms with Crippen molar-refractivity contribution in [2.24, 2.45) is 5.14 Å². The summed E-state index contributed by atoms with van der Waals surface area (Å²) in [7, 11) is -3.68. The van der Waals surface area contributed by atoms with Gasteiger partial charge in [0.25, 0.3) is 10.0 Å². The summed E-state index contributed by atoms with van der Waals surface area (Å²) in [5.41, 5.74) is 0.832. The molecule has 2 N–H and O–H groups in total. The lowest BCUT2D eigenvalue weighted by molar-refractivity contribution is 0.449. The van der Waals surface area contributed by atoms with E-state index in [1.165, 1.54) is 12.3 Å². The summed E-state index contributed by atoms with van der Waals surface area (Å²) in [6, 6.07) is 1.44. The smallest absolute Gasteiger partial charge is 0.271 e. The van der Waals surface area contributed by atoms with Crippen molar-refractivity contribution in [3.8, 4) is 0 Å². The number of hydrogen-bond donors (Lipinski definition) is 1. The van der Waals surface area contributed by atoms with Crippen molar-refractivity contribution in [1.29, 1.82) is 0 Å². The molecule has 0 spiro atoms. The SMILES string of the molecule is CC(C)c1coc(S(N)(=O)=O)c1. The lowest BCUT2D eigenvalue weighted by Crippen LogP contribution is -2.10. The van der Waals surface area contributed by atoms with E-state index >= 15 is 0 Å². The first-order valence-electron chi connectivity index (χ1n) is 3.52. The summed E-state index contributed by atoms with van der Waals surface area (Å²) >= 11 is 0. The Hall–Kier alpha value is -0.810. The Balaban J connectivity index is 3.09. The van der Waals surface area contributed by atoms with Crippen LogP contribution < -0.4 is 5.14 Å². The van der Waals surface area contributed by atoms with E-state index in [1.807, 2.05) is 13.8 Å². The van der Waals surface area contributed by atoms with Crippen LogP contribution in [0.25, 0.3) is 0 Å². The van der Waals surface area contributed by atoms with E-state index in [1.54, 1.807) is 0 Å². The largest absolute Gasteiger partial charge is 0.451 e. The monoisotopic (exact) mass is 189 g/mol. The number of hydrogen-bond acceptors (Lipinski definition) is 3. The first-order valence-corrected chi connectivity index (χ1v) is 5.07. The molecule has 0 amide bonds. The standard InChI is InChI=1S/C7H11NO3S/c1-5(2)6-3-7(11-4-6)12(8,9)10/h3-5H,1-2H3,(H2,8,9,10). The summed E-state index contributed by atoms with van der Waals surface area (Å²) in [5.74, 6) is 0.240. The van der Waals surface area contributed by atoms with E-state index < -0.39 is 10.0 Å². The normalized spacial score (nSPS) is 12.3. The third-order valence-corrected chi connectivity index (χ3v) is 2.32. The minimum Gasteiger partial charge on any atom is -0.451 e. The predicted molar refractivity (Wildman–Crippen MR) is 44.2 cm³/mol. The van der Waals surface area contributed by atoms with E-state index in [0.29, 0.717) is 0 Å². The van der Waals surface area contributed by atoms with Gasteiger partial charge >= 0.3 is 0 Å².